The van der Waals surface area contributed by atoms with Crippen molar-refractivity contribution in [1.82, 2.24) is 4.57 Å². The van der Waals surface area contributed by atoms with Gasteiger partial charge < -0.3 is 4.57 Å². The molecule has 0 aliphatic carbocycles. The Hall–Kier alpha value is -2.28. The minimum Gasteiger partial charge on any atom is -0.310 e. The van der Waals surface area contributed by atoms with Crippen LogP contribution in [-0.2, 0) is 0 Å². The van der Waals surface area contributed by atoms with Gasteiger partial charge in [-0.3, -0.25) is 0 Å². The van der Waals surface area contributed by atoms with E-state index in [2.05, 4.69) is 86.0 Å². The number of fused-ring (bicyclic) bond motifs is 1. The molecule has 1 heteroatoms. The van der Waals surface area contributed by atoms with Gasteiger partial charge in [0.25, 0.3) is 0 Å². The van der Waals surface area contributed by atoms with Gasteiger partial charge in [-0.25, -0.2) is 0 Å². The molecular formula is C19H19N. The maximum Gasteiger partial charge on any atom is 0.0537 e. The molecule has 1 aromatic heterocycles. The molecule has 0 aliphatic heterocycles. The number of hydrogen-bond acceptors (Lipinski definition) is 0. The van der Waals surface area contributed by atoms with E-state index in [9.17, 15) is 0 Å². The highest BCUT2D eigenvalue weighted by Crippen LogP contribution is 2.30. The molecule has 2 aromatic carbocycles. The Morgan fingerprint density at radius 2 is 1.70 bits per heavy atom. The zero-order valence-corrected chi connectivity index (χ0v) is 12.2. The summed E-state index contributed by atoms with van der Waals surface area (Å²) in [5, 5.41) is 1.34. The lowest BCUT2D eigenvalue weighted by Crippen LogP contribution is -1.96. The molecule has 0 bridgehead atoms. The van der Waals surface area contributed by atoms with Crippen molar-refractivity contribution in [1.29, 1.82) is 0 Å². The van der Waals surface area contributed by atoms with Crippen LogP contribution in [0.3, 0.4) is 0 Å². The minimum absolute atomic E-state index is 1.21. The second-order valence-electron chi connectivity index (χ2n) is 5.20. The lowest BCUT2D eigenvalue weighted by Gasteiger charge is -2.09. The van der Waals surface area contributed by atoms with Crippen molar-refractivity contribution in [2.45, 2.75) is 20.8 Å². The fourth-order valence-corrected chi connectivity index (χ4v) is 2.79. The normalized spacial score (nSPS) is 11.6. The highest BCUT2D eigenvalue weighted by atomic mass is 15.0. The third kappa shape index (κ3) is 1.96. The van der Waals surface area contributed by atoms with Gasteiger partial charge in [-0.05, 0) is 56.7 Å². The van der Waals surface area contributed by atoms with Gasteiger partial charge in [0, 0.05) is 16.8 Å². The molecule has 0 aliphatic rings. The number of nitrogens with zero attached hydrogens (tertiary/aromatic N) is 1. The SMILES string of the molecule is C/C=C\c1c(C)c2cc(C)ccc2n1-c1ccccc1. The Morgan fingerprint density at radius 3 is 2.40 bits per heavy atom. The maximum absolute atomic E-state index is 2.34. The van der Waals surface area contributed by atoms with Gasteiger partial charge in [0.05, 0.1) is 5.52 Å². The summed E-state index contributed by atoms with van der Waals surface area (Å²) in [7, 11) is 0. The third-order valence-electron chi connectivity index (χ3n) is 3.76. The van der Waals surface area contributed by atoms with Crippen LogP contribution in [0.2, 0.25) is 0 Å². The Kier molecular flexibility index (Phi) is 3.19. The summed E-state index contributed by atoms with van der Waals surface area (Å²) < 4.78 is 2.34. The molecule has 0 saturated heterocycles. The van der Waals surface area contributed by atoms with Crippen molar-refractivity contribution in [3.8, 4) is 5.69 Å². The molecule has 0 atom stereocenters. The number of benzene rings is 2. The Labute approximate surface area is 120 Å². The van der Waals surface area contributed by atoms with Crippen molar-refractivity contribution in [3.05, 3.63) is 71.4 Å². The third-order valence-corrected chi connectivity index (χ3v) is 3.76. The van der Waals surface area contributed by atoms with Gasteiger partial charge in [0.15, 0.2) is 0 Å². The fourth-order valence-electron chi connectivity index (χ4n) is 2.79. The molecule has 0 unspecified atom stereocenters. The predicted molar refractivity (Wildman–Crippen MR) is 87.5 cm³/mol. The minimum atomic E-state index is 1.21. The lowest BCUT2D eigenvalue weighted by molar-refractivity contribution is 1.10. The van der Waals surface area contributed by atoms with Gasteiger partial charge >= 0.3 is 0 Å². The summed E-state index contributed by atoms with van der Waals surface area (Å²) >= 11 is 0. The number of aromatic nitrogens is 1. The average Bonchev–Trinajstić information content (AvgIpc) is 2.73. The van der Waals surface area contributed by atoms with Gasteiger partial charge in [-0.2, -0.15) is 0 Å². The lowest BCUT2D eigenvalue weighted by atomic mass is 10.1. The van der Waals surface area contributed by atoms with Crippen LogP contribution < -0.4 is 0 Å². The monoisotopic (exact) mass is 261 g/mol. The molecule has 1 heterocycles. The van der Waals surface area contributed by atoms with E-state index in [0.717, 1.165) is 0 Å². The maximum atomic E-state index is 2.34. The summed E-state index contributed by atoms with van der Waals surface area (Å²) in [4.78, 5) is 0. The summed E-state index contributed by atoms with van der Waals surface area (Å²) in [6, 6.07) is 17.2. The first kappa shape index (κ1) is 12.7. The molecule has 3 rings (SSSR count). The largest absolute Gasteiger partial charge is 0.310 e. The molecule has 3 aromatic rings. The standard InChI is InChI=1S/C19H19N/c1-4-8-18-15(3)17-13-14(2)11-12-19(17)20(18)16-9-6-5-7-10-16/h4-13H,1-3H3/b8-4-. The zero-order chi connectivity index (χ0) is 14.1. The van der Waals surface area contributed by atoms with Crippen molar-refractivity contribution >= 4 is 17.0 Å². The van der Waals surface area contributed by atoms with Gasteiger partial charge in [0.2, 0.25) is 0 Å². The topological polar surface area (TPSA) is 4.93 Å². The molecule has 0 spiro atoms. The van der Waals surface area contributed by atoms with Crippen LogP contribution in [0, 0.1) is 13.8 Å². The number of aryl methyl sites for hydroxylation is 2. The molecule has 0 N–H and O–H groups in total. The highest BCUT2D eigenvalue weighted by Gasteiger charge is 2.13. The van der Waals surface area contributed by atoms with Crippen LogP contribution in [0.4, 0.5) is 0 Å². The van der Waals surface area contributed by atoms with Crippen LogP contribution >= 0.6 is 0 Å². The Morgan fingerprint density at radius 1 is 0.950 bits per heavy atom. The summed E-state index contributed by atoms with van der Waals surface area (Å²) in [6.45, 7) is 6.42. The summed E-state index contributed by atoms with van der Waals surface area (Å²) in [6.07, 6.45) is 4.30. The van der Waals surface area contributed by atoms with E-state index in [1.54, 1.807) is 0 Å². The van der Waals surface area contributed by atoms with E-state index in [4.69, 9.17) is 0 Å². The summed E-state index contributed by atoms with van der Waals surface area (Å²) in [5.41, 5.74) is 6.39. The Balaban J connectivity index is 2.42. The molecule has 0 saturated carbocycles. The van der Waals surface area contributed by atoms with Crippen LogP contribution in [0.15, 0.2) is 54.6 Å². The molecular weight excluding hydrogens is 242 g/mol. The molecule has 0 fully saturated rings. The molecule has 1 nitrogen and oxygen atoms in total. The quantitative estimate of drug-likeness (QED) is 0.591. The van der Waals surface area contributed by atoms with E-state index >= 15 is 0 Å². The molecule has 0 amide bonds. The first-order chi connectivity index (χ1) is 9.72. The smallest absolute Gasteiger partial charge is 0.0537 e. The summed E-state index contributed by atoms with van der Waals surface area (Å²) in [5.74, 6) is 0. The first-order valence-corrected chi connectivity index (χ1v) is 7.02. The number of hydrogen-bond donors (Lipinski definition) is 0. The zero-order valence-electron chi connectivity index (χ0n) is 12.2. The van der Waals surface area contributed by atoms with Crippen LogP contribution in [0.5, 0.6) is 0 Å². The second kappa shape index (κ2) is 5.01. The number of para-hydroxylation sites is 1. The van der Waals surface area contributed by atoms with Gasteiger partial charge in [0.1, 0.15) is 0 Å². The Bertz CT molecular complexity index is 776. The van der Waals surface area contributed by atoms with Crippen LogP contribution in [0.25, 0.3) is 22.7 Å². The average molecular weight is 261 g/mol. The van der Waals surface area contributed by atoms with Crippen LogP contribution in [0.1, 0.15) is 23.7 Å². The van der Waals surface area contributed by atoms with E-state index in [0.29, 0.717) is 0 Å². The van der Waals surface area contributed by atoms with E-state index in [1.165, 1.54) is 33.4 Å². The molecule has 0 radical (unpaired) electrons. The number of allylic oxidation sites excluding steroid dienone is 1. The van der Waals surface area contributed by atoms with Gasteiger partial charge in [-0.1, -0.05) is 35.9 Å². The van der Waals surface area contributed by atoms with Crippen molar-refractivity contribution < 1.29 is 0 Å². The van der Waals surface area contributed by atoms with Crippen molar-refractivity contribution in [2.75, 3.05) is 0 Å². The van der Waals surface area contributed by atoms with Crippen molar-refractivity contribution in [2.24, 2.45) is 0 Å². The van der Waals surface area contributed by atoms with E-state index in [1.807, 2.05) is 0 Å². The second-order valence-corrected chi connectivity index (χ2v) is 5.20. The van der Waals surface area contributed by atoms with Crippen LogP contribution in [-0.4, -0.2) is 4.57 Å². The highest BCUT2D eigenvalue weighted by molar-refractivity contribution is 5.90. The molecule has 20 heavy (non-hydrogen) atoms. The van der Waals surface area contributed by atoms with E-state index in [-0.39, 0.29) is 0 Å². The number of rotatable bonds is 2. The van der Waals surface area contributed by atoms with Crippen molar-refractivity contribution in [3.63, 3.8) is 0 Å². The predicted octanol–water partition coefficient (Wildman–Crippen LogP) is 5.28. The van der Waals surface area contributed by atoms with E-state index < -0.39 is 0 Å². The fraction of sp³-hybridized carbons (Fsp3) is 0.158. The molecule has 100 valence electrons. The first-order valence-electron chi connectivity index (χ1n) is 7.02. The van der Waals surface area contributed by atoms with Gasteiger partial charge in [-0.15, -0.1) is 0 Å².